The number of ether oxygens (including phenoxy) is 2. The van der Waals surface area contributed by atoms with Gasteiger partial charge in [0.25, 0.3) is 0 Å². The van der Waals surface area contributed by atoms with Crippen molar-refractivity contribution >= 4 is 17.2 Å². The molecule has 5 heteroatoms. The van der Waals surface area contributed by atoms with E-state index in [1.165, 1.54) is 63.9 Å². The van der Waals surface area contributed by atoms with Gasteiger partial charge in [-0.2, -0.15) is 10.2 Å². The van der Waals surface area contributed by atoms with Crippen LogP contribution in [0.3, 0.4) is 0 Å². The second-order valence-electron chi connectivity index (χ2n) is 9.55. The zero-order valence-corrected chi connectivity index (χ0v) is 22.8. The number of carbonyl (C=O) groups excluding carboxylic acids is 1. The molecule has 2 aromatic rings. The molecule has 0 fully saturated rings. The zero-order chi connectivity index (χ0) is 26.4. The molecule has 0 unspecified atom stereocenters. The molecule has 0 aromatic heterocycles. The quantitative estimate of drug-likeness (QED) is 0.0906. The van der Waals surface area contributed by atoms with Gasteiger partial charge in [-0.05, 0) is 73.9 Å². The average Bonchev–Trinajstić information content (AvgIpc) is 2.93. The van der Waals surface area contributed by atoms with Crippen molar-refractivity contribution in [2.75, 3.05) is 13.2 Å². The van der Waals surface area contributed by atoms with Crippen molar-refractivity contribution in [3.63, 3.8) is 0 Å². The molecule has 0 radical (unpaired) electrons. The minimum atomic E-state index is 0.167. The van der Waals surface area contributed by atoms with Gasteiger partial charge in [0, 0.05) is 6.42 Å². The van der Waals surface area contributed by atoms with Crippen LogP contribution in [0.15, 0.2) is 71.4 Å². The number of unbranched alkanes of at least 4 members (excludes halogenated alkanes) is 11. The van der Waals surface area contributed by atoms with E-state index in [0.29, 0.717) is 6.42 Å². The summed E-state index contributed by atoms with van der Waals surface area (Å²) in [6.07, 6.45) is 17.6. The number of carbonyl (C=O) groups is 1. The Bertz CT molecular complexity index is 891. The van der Waals surface area contributed by atoms with E-state index < -0.39 is 0 Å². The number of hydrogen-bond acceptors (Lipinski definition) is 5. The molecule has 2 rings (SSSR count). The van der Waals surface area contributed by atoms with Crippen molar-refractivity contribution in [1.82, 2.24) is 0 Å². The summed E-state index contributed by atoms with van der Waals surface area (Å²) in [5.74, 6) is 1.91. The number of hydrogen-bond donors (Lipinski definition) is 0. The van der Waals surface area contributed by atoms with Crippen molar-refractivity contribution in [2.24, 2.45) is 10.2 Å². The molecule has 0 saturated carbocycles. The van der Waals surface area contributed by atoms with Crippen LogP contribution < -0.4 is 9.47 Å². The summed E-state index contributed by atoms with van der Waals surface area (Å²) < 4.78 is 11.6. The Morgan fingerprint density at radius 3 is 1.49 bits per heavy atom. The molecule has 202 valence electrons. The highest BCUT2D eigenvalue weighted by atomic mass is 16.5. The first kappa shape index (κ1) is 30.3. The third-order valence-corrected chi connectivity index (χ3v) is 6.28. The van der Waals surface area contributed by atoms with E-state index in [1.54, 1.807) is 0 Å². The molecule has 0 heterocycles. The summed E-state index contributed by atoms with van der Waals surface area (Å²) in [6.45, 7) is 7.23. The topological polar surface area (TPSA) is 60.2 Å². The van der Waals surface area contributed by atoms with Crippen molar-refractivity contribution in [3.05, 3.63) is 61.2 Å². The van der Waals surface area contributed by atoms with Gasteiger partial charge in [-0.15, -0.1) is 0 Å². The molecule has 37 heavy (non-hydrogen) atoms. The van der Waals surface area contributed by atoms with Crippen LogP contribution in [0, 0.1) is 0 Å². The molecule has 0 atom stereocenters. The summed E-state index contributed by atoms with van der Waals surface area (Å²) >= 11 is 0. The van der Waals surface area contributed by atoms with Gasteiger partial charge in [0.15, 0.2) is 5.78 Å². The molecule has 0 aliphatic heterocycles. The normalized spacial score (nSPS) is 11.1. The molecule has 0 N–H and O–H groups in total. The lowest BCUT2D eigenvalue weighted by molar-refractivity contribution is -0.114. The number of nitrogens with zero attached hydrogens (tertiary/aromatic N) is 2. The monoisotopic (exact) mass is 506 g/mol. The van der Waals surface area contributed by atoms with Crippen LogP contribution in [0.2, 0.25) is 0 Å². The summed E-state index contributed by atoms with van der Waals surface area (Å²) in [6, 6.07) is 15.5. The van der Waals surface area contributed by atoms with Gasteiger partial charge in [-0.25, -0.2) is 0 Å². The predicted octanol–water partition coefficient (Wildman–Crippen LogP) is 10.1. The Kier molecular flexibility index (Phi) is 16.5. The first-order valence-corrected chi connectivity index (χ1v) is 14.2. The van der Waals surface area contributed by atoms with E-state index in [1.807, 2.05) is 48.5 Å². The van der Waals surface area contributed by atoms with E-state index in [4.69, 9.17) is 9.47 Å². The highest BCUT2D eigenvalue weighted by Gasteiger charge is 1.99. The molecule has 5 nitrogen and oxygen atoms in total. The molecule has 0 amide bonds. The Hall–Kier alpha value is -2.95. The minimum absolute atomic E-state index is 0.167. The molecular formula is C32H46N2O3. The maximum atomic E-state index is 11.2. The zero-order valence-electron chi connectivity index (χ0n) is 22.8. The standard InChI is InChI=1S/C32H46N2O3/c1-3-5-6-15-26-36-31-22-18-28(19-23-31)33-34-29-20-24-32(25-21-29)37-27-16-13-11-9-7-8-10-12-14-17-30(35)4-2/h4,18-25H,2-3,5-17,26-27H2,1H3. The van der Waals surface area contributed by atoms with E-state index in [-0.39, 0.29) is 5.78 Å². The molecule has 2 aromatic carbocycles. The Morgan fingerprint density at radius 2 is 1.05 bits per heavy atom. The SMILES string of the molecule is C=CC(=O)CCCCCCCCCCCOc1ccc(N=Nc2ccc(OCCCCCC)cc2)cc1. The van der Waals surface area contributed by atoms with Crippen molar-refractivity contribution in [2.45, 2.75) is 96.8 Å². The molecule has 0 bridgehead atoms. The van der Waals surface area contributed by atoms with Crippen LogP contribution in [0.25, 0.3) is 0 Å². The third-order valence-electron chi connectivity index (χ3n) is 6.28. The van der Waals surface area contributed by atoms with E-state index >= 15 is 0 Å². The van der Waals surface area contributed by atoms with Crippen LogP contribution in [0.4, 0.5) is 11.4 Å². The smallest absolute Gasteiger partial charge is 0.155 e. The van der Waals surface area contributed by atoms with Gasteiger partial charge in [0.2, 0.25) is 0 Å². The Balaban J connectivity index is 1.52. The number of azo groups is 1. The summed E-state index contributed by atoms with van der Waals surface area (Å²) in [7, 11) is 0. The summed E-state index contributed by atoms with van der Waals surface area (Å²) in [5, 5.41) is 8.65. The van der Waals surface area contributed by atoms with Crippen LogP contribution in [-0.4, -0.2) is 19.0 Å². The molecular weight excluding hydrogens is 460 g/mol. The fourth-order valence-electron chi connectivity index (χ4n) is 3.98. The van der Waals surface area contributed by atoms with Gasteiger partial charge in [-0.1, -0.05) is 77.7 Å². The number of allylic oxidation sites excluding steroid dienone is 1. The van der Waals surface area contributed by atoms with Crippen molar-refractivity contribution in [1.29, 1.82) is 0 Å². The second-order valence-corrected chi connectivity index (χ2v) is 9.55. The van der Waals surface area contributed by atoms with E-state index in [0.717, 1.165) is 61.8 Å². The Morgan fingerprint density at radius 1 is 0.649 bits per heavy atom. The van der Waals surface area contributed by atoms with Crippen LogP contribution >= 0.6 is 0 Å². The summed E-state index contributed by atoms with van der Waals surface area (Å²) in [4.78, 5) is 11.2. The number of rotatable bonds is 22. The van der Waals surface area contributed by atoms with Gasteiger partial charge >= 0.3 is 0 Å². The van der Waals surface area contributed by atoms with E-state index in [2.05, 4.69) is 23.7 Å². The van der Waals surface area contributed by atoms with Crippen LogP contribution in [0.1, 0.15) is 96.8 Å². The number of benzene rings is 2. The fraction of sp³-hybridized carbons (Fsp3) is 0.531. The average molecular weight is 507 g/mol. The molecule has 0 aliphatic carbocycles. The molecule has 0 spiro atoms. The highest BCUT2D eigenvalue weighted by molar-refractivity contribution is 5.88. The predicted molar refractivity (Wildman–Crippen MR) is 154 cm³/mol. The molecule has 0 aliphatic rings. The lowest BCUT2D eigenvalue weighted by atomic mass is 10.1. The Labute approximate surface area is 224 Å². The maximum absolute atomic E-state index is 11.2. The lowest BCUT2D eigenvalue weighted by Crippen LogP contribution is -1.97. The fourth-order valence-corrected chi connectivity index (χ4v) is 3.98. The summed E-state index contributed by atoms with van der Waals surface area (Å²) in [5.41, 5.74) is 1.61. The minimum Gasteiger partial charge on any atom is -0.494 e. The van der Waals surface area contributed by atoms with Gasteiger partial charge in [0.05, 0.1) is 24.6 Å². The van der Waals surface area contributed by atoms with Gasteiger partial charge < -0.3 is 9.47 Å². The van der Waals surface area contributed by atoms with Crippen molar-refractivity contribution < 1.29 is 14.3 Å². The third kappa shape index (κ3) is 15.0. The van der Waals surface area contributed by atoms with E-state index in [9.17, 15) is 4.79 Å². The number of ketones is 1. The van der Waals surface area contributed by atoms with Crippen molar-refractivity contribution in [3.8, 4) is 11.5 Å². The second kappa shape index (κ2) is 20.1. The molecule has 0 saturated heterocycles. The van der Waals surface area contributed by atoms with Crippen LogP contribution in [-0.2, 0) is 4.79 Å². The largest absolute Gasteiger partial charge is 0.494 e. The maximum Gasteiger partial charge on any atom is 0.155 e. The van der Waals surface area contributed by atoms with Gasteiger partial charge in [-0.3, -0.25) is 4.79 Å². The van der Waals surface area contributed by atoms with Gasteiger partial charge in [0.1, 0.15) is 11.5 Å². The first-order valence-electron chi connectivity index (χ1n) is 14.2. The lowest BCUT2D eigenvalue weighted by Gasteiger charge is -2.06. The highest BCUT2D eigenvalue weighted by Crippen LogP contribution is 2.23. The van der Waals surface area contributed by atoms with Crippen LogP contribution in [0.5, 0.6) is 11.5 Å². The first-order chi connectivity index (χ1) is 18.2.